The third kappa shape index (κ3) is 4.34. The Bertz CT molecular complexity index is 1060. The predicted molar refractivity (Wildman–Crippen MR) is 111 cm³/mol. The van der Waals surface area contributed by atoms with Crippen molar-refractivity contribution < 1.29 is 4.79 Å². The number of para-hydroxylation sites is 1. The van der Waals surface area contributed by atoms with Gasteiger partial charge in [0.2, 0.25) is 5.91 Å². The van der Waals surface area contributed by atoms with E-state index >= 15 is 0 Å². The van der Waals surface area contributed by atoms with Gasteiger partial charge in [-0.3, -0.25) is 14.2 Å². The summed E-state index contributed by atoms with van der Waals surface area (Å²) in [5.74, 6) is 0.0644. The van der Waals surface area contributed by atoms with Crippen molar-refractivity contribution in [2.75, 3.05) is 5.75 Å². The summed E-state index contributed by atoms with van der Waals surface area (Å²) in [6.07, 6.45) is 0. The standard InChI is InChI=1S/C20H20ClN3O2S/c1-12(2)22-18(25)11-27-20-23-16-10-14(21)8-9-15(16)19(26)24(20)17-7-5-4-6-13(17)3/h4-10,12H,11H2,1-3H3,(H,22,25). The number of fused-ring (bicyclic) bond motifs is 1. The van der Waals surface area contributed by atoms with Crippen LogP contribution >= 0.6 is 23.4 Å². The first kappa shape index (κ1) is 19.5. The smallest absolute Gasteiger partial charge is 0.266 e. The molecule has 0 saturated carbocycles. The molecule has 0 saturated heterocycles. The number of thioether (sulfide) groups is 1. The maximum Gasteiger partial charge on any atom is 0.266 e. The molecule has 0 aliphatic rings. The molecule has 0 radical (unpaired) electrons. The molecule has 0 bridgehead atoms. The normalized spacial score (nSPS) is 11.1. The lowest BCUT2D eigenvalue weighted by molar-refractivity contribution is -0.119. The van der Waals surface area contributed by atoms with Crippen molar-refractivity contribution in [3.05, 3.63) is 63.4 Å². The van der Waals surface area contributed by atoms with Crippen LogP contribution in [-0.4, -0.2) is 27.3 Å². The molecule has 1 aromatic heterocycles. The van der Waals surface area contributed by atoms with Crippen LogP contribution in [0.1, 0.15) is 19.4 Å². The van der Waals surface area contributed by atoms with E-state index in [2.05, 4.69) is 10.3 Å². The second-order valence-corrected chi connectivity index (χ2v) is 7.87. The summed E-state index contributed by atoms with van der Waals surface area (Å²) < 4.78 is 1.57. The lowest BCUT2D eigenvalue weighted by Crippen LogP contribution is -2.32. The van der Waals surface area contributed by atoms with Crippen molar-refractivity contribution in [3.8, 4) is 5.69 Å². The quantitative estimate of drug-likeness (QED) is 0.519. The van der Waals surface area contributed by atoms with Crippen LogP contribution < -0.4 is 10.9 Å². The molecule has 7 heteroatoms. The zero-order chi connectivity index (χ0) is 19.6. The lowest BCUT2D eigenvalue weighted by atomic mass is 10.2. The SMILES string of the molecule is Cc1ccccc1-n1c(SCC(=O)NC(C)C)nc2cc(Cl)ccc2c1=O. The van der Waals surface area contributed by atoms with Crippen molar-refractivity contribution in [2.24, 2.45) is 0 Å². The van der Waals surface area contributed by atoms with E-state index in [1.165, 1.54) is 11.8 Å². The first-order chi connectivity index (χ1) is 12.9. The highest BCUT2D eigenvalue weighted by Gasteiger charge is 2.16. The zero-order valence-corrected chi connectivity index (χ0v) is 16.9. The Hall–Kier alpha value is -2.31. The van der Waals surface area contributed by atoms with E-state index in [0.717, 1.165) is 11.3 Å². The minimum Gasteiger partial charge on any atom is -0.353 e. The number of rotatable bonds is 5. The molecule has 140 valence electrons. The number of halogens is 1. The van der Waals surface area contributed by atoms with Gasteiger partial charge in [-0.25, -0.2) is 4.98 Å². The fourth-order valence-corrected chi connectivity index (χ4v) is 3.74. The largest absolute Gasteiger partial charge is 0.353 e. The summed E-state index contributed by atoms with van der Waals surface area (Å²) in [5.41, 5.74) is 2.03. The van der Waals surface area contributed by atoms with Crippen molar-refractivity contribution >= 4 is 40.2 Å². The summed E-state index contributed by atoms with van der Waals surface area (Å²) in [6.45, 7) is 5.75. The van der Waals surface area contributed by atoms with Crippen molar-refractivity contribution in [2.45, 2.75) is 32.0 Å². The topological polar surface area (TPSA) is 64.0 Å². The molecule has 0 aliphatic heterocycles. The molecule has 0 aliphatic carbocycles. The Morgan fingerprint density at radius 3 is 2.70 bits per heavy atom. The Kier molecular flexibility index (Phi) is 5.87. The van der Waals surface area contributed by atoms with Crippen LogP contribution in [-0.2, 0) is 4.79 Å². The van der Waals surface area contributed by atoms with Crippen molar-refractivity contribution in [1.29, 1.82) is 0 Å². The van der Waals surface area contributed by atoms with Crippen LogP contribution in [0.15, 0.2) is 52.4 Å². The minimum atomic E-state index is -0.183. The summed E-state index contributed by atoms with van der Waals surface area (Å²) in [5, 5.41) is 4.31. The van der Waals surface area contributed by atoms with E-state index in [1.54, 1.807) is 22.8 Å². The molecule has 1 N–H and O–H groups in total. The third-order valence-electron chi connectivity index (χ3n) is 3.94. The van der Waals surface area contributed by atoms with Crippen molar-refractivity contribution in [3.63, 3.8) is 0 Å². The van der Waals surface area contributed by atoms with Crippen LogP contribution in [0.5, 0.6) is 0 Å². The fourth-order valence-electron chi connectivity index (χ4n) is 2.76. The summed E-state index contributed by atoms with van der Waals surface area (Å²) in [6, 6.07) is 12.7. The van der Waals surface area contributed by atoms with E-state index < -0.39 is 0 Å². The van der Waals surface area contributed by atoms with Gasteiger partial charge in [0.15, 0.2) is 5.16 Å². The third-order valence-corrected chi connectivity index (χ3v) is 5.11. The van der Waals surface area contributed by atoms with Gasteiger partial charge in [-0.15, -0.1) is 0 Å². The van der Waals surface area contributed by atoms with Crippen LogP contribution in [0, 0.1) is 6.92 Å². The van der Waals surface area contributed by atoms with E-state index in [1.807, 2.05) is 45.0 Å². The molecule has 0 fully saturated rings. The first-order valence-electron chi connectivity index (χ1n) is 8.57. The molecule has 5 nitrogen and oxygen atoms in total. The minimum absolute atomic E-state index is 0.0556. The van der Waals surface area contributed by atoms with Gasteiger partial charge >= 0.3 is 0 Å². The molecule has 0 unspecified atom stereocenters. The monoisotopic (exact) mass is 401 g/mol. The maximum absolute atomic E-state index is 13.2. The molecule has 0 spiro atoms. The van der Waals surface area contributed by atoms with Gasteiger partial charge in [0.05, 0.1) is 22.3 Å². The highest BCUT2D eigenvalue weighted by molar-refractivity contribution is 7.99. The maximum atomic E-state index is 13.2. The molecule has 3 rings (SSSR count). The van der Waals surface area contributed by atoms with E-state index in [-0.39, 0.29) is 23.3 Å². The number of carbonyl (C=O) groups excluding carboxylic acids is 1. The van der Waals surface area contributed by atoms with Gasteiger partial charge < -0.3 is 5.32 Å². The van der Waals surface area contributed by atoms with Crippen LogP contribution in [0.3, 0.4) is 0 Å². The van der Waals surface area contributed by atoms with Gasteiger partial charge in [0.25, 0.3) is 5.56 Å². The highest BCUT2D eigenvalue weighted by atomic mass is 35.5. The Morgan fingerprint density at radius 1 is 1.26 bits per heavy atom. The van der Waals surface area contributed by atoms with Crippen LogP contribution in [0.2, 0.25) is 5.02 Å². The van der Waals surface area contributed by atoms with Gasteiger partial charge in [-0.1, -0.05) is 41.6 Å². The average Bonchev–Trinajstić information content (AvgIpc) is 2.60. The van der Waals surface area contributed by atoms with Crippen molar-refractivity contribution in [1.82, 2.24) is 14.9 Å². The molecule has 0 atom stereocenters. The van der Waals surface area contributed by atoms with Crippen LogP contribution in [0.25, 0.3) is 16.6 Å². The number of aromatic nitrogens is 2. The number of amides is 1. The Morgan fingerprint density at radius 2 is 2.00 bits per heavy atom. The number of hydrogen-bond acceptors (Lipinski definition) is 4. The number of nitrogens with zero attached hydrogens (tertiary/aromatic N) is 2. The van der Waals surface area contributed by atoms with Gasteiger partial charge in [-0.05, 0) is 50.6 Å². The van der Waals surface area contributed by atoms with E-state index in [9.17, 15) is 9.59 Å². The molecule has 27 heavy (non-hydrogen) atoms. The average molecular weight is 402 g/mol. The second-order valence-electron chi connectivity index (χ2n) is 6.49. The number of hydrogen-bond donors (Lipinski definition) is 1. The molecule has 1 amide bonds. The Labute approximate surface area is 166 Å². The lowest BCUT2D eigenvalue weighted by Gasteiger charge is -2.15. The van der Waals surface area contributed by atoms with Gasteiger partial charge in [0, 0.05) is 11.1 Å². The number of nitrogens with one attached hydrogen (secondary N) is 1. The van der Waals surface area contributed by atoms with Crippen LogP contribution in [0.4, 0.5) is 0 Å². The molecular formula is C20H20ClN3O2S. The number of benzene rings is 2. The predicted octanol–water partition coefficient (Wildman–Crippen LogP) is 3.96. The zero-order valence-electron chi connectivity index (χ0n) is 15.3. The summed E-state index contributed by atoms with van der Waals surface area (Å²) >= 11 is 7.30. The van der Waals surface area contributed by atoms with E-state index in [4.69, 9.17) is 11.6 Å². The van der Waals surface area contributed by atoms with E-state index in [0.29, 0.717) is 21.1 Å². The first-order valence-corrected chi connectivity index (χ1v) is 9.93. The molecule has 2 aromatic carbocycles. The Balaban J connectivity index is 2.14. The number of carbonyl (C=O) groups is 1. The highest BCUT2D eigenvalue weighted by Crippen LogP contribution is 2.24. The second kappa shape index (κ2) is 8.15. The number of aryl methyl sites for hydroxylation is 1. The van der Waals surface area contributed by atoms with Gasteiger partial charge in [-0.2, -0.15) is 0 Å². The summed E-state index contributed by atoms with van der Waals surface area (Å²) in [7, 11) is 0. The summed E-state index contributed by atoms with van der Waals surface area (Å²) in [4.78, 5) is 29.9. The molecule has 1 heterocycles. The van der Waals surface area contributed by atoms with Gasteiger partial charge in [0.1, 0.15) is 0 Å². The fraction of sp³-hybridized carbons (Fsp3) is 0.250. The molecule has 3 aromatic rings. The molecular weight excluding hydrogens is 382 g/mol.